The number of para-hydroxylation sites is 1. The number of carbonyl (C=O) groups is 2. The van der Waals surface area contributed by atoms with Crippen LogP contribution in [-0.4, -0.2) is 76.5 Å². The monoisotopic (exact) mass is 434 g/mol. The van der Waals surface area contributed by atoms with Crippen molar-refractivity contribution < 1.29 is 29.3 Å². The minimum absolute atomic E-state index is 0.0398. The van der Waals surface area contributed by atoms with Crippen molar-refractivity contribution in [1.29, 1.82) is 0 Å². The summed E-state index contributed by atoms with van der Waals surface area (Å²) in [7, 11) is 0. The number of aromatic nitrogens is 2. The summed E-state index contributed by atoms with van der Waals surface area (Å²) in [6.07, 6.45) is 5.63. The zero-order valence-electron chi connectivity index (χ0n) is 17.4. The molecule has 1 amide bonds. The number of hydrogen-bond acceptors (Lipinski definition) is 7. The van der Waals surface area contributed by atoms with Gasteiger partial charge >= 0.3 is 0 Å². The molecule has 1 unspecified atom stereocenters. The summed E-state index contributed by atoms with van der Waals surface area (Å²) in [4.78, 5) is 29.8. The Bertz CT molecular complexity index is 765. The molecule has 10 heteroatoms. The number of nitrogens with one attached hydrogen (secondary N) is 2. The second-order valence-corrected chi connectivity index (χ2v) is 6.91. The zero-order valence-corrected chi connectivity index (χ0v) is 17.4. The molecule has 170 valence electrons. The van der Waals surface area contributed by atoms with E-state index in [2.05, 4.69) is 20.2 Å². The highest BCUT2D eigenvalue weighted by Gasteiger charge is 2.17. The second-order valence-electron chi connectivity index (χ2n) is 6.91. The van der Waals surface area contributed by atoms with Crippen molar-refractivity contribution in [2.24, 2.45) is 0 Å². The van der Waals surface area contributed by atoms with Crippen LogP contribution in [0.2, 0.25) is 0 Å². The number of H-pyrrole nitrogens is 1. The Morgan fingerprint density at radius 1 is 1.39 bits per heavy atom. The van der Waals surface area contributed by atoms with Gasteiger partial charge in [0.15, 0.2) is 6.61 Å². The van der Waals surface area contributed by atoms with E-state index in [1.807, 2.05) is 24.3 Å². The quantitative estimate of drug-likeness (QED) is 0.381. The summed E-state index contributed by atoms with van der Waals surface area (Å²) in [6.45, 7) is 2.73. The van der Waals surface area contributed by atoms with E-state index in [0.717, 1.165) is 30.8 Å². The topological polar surface area (TPSA) is 137 Å². The number of nitrogens with zero attached hydrogens (tertiary/aromatic N) is 2. The molecule has 1 fully saturated rings. The molecule has 1 aliphatic rings. The number of aliphatic hydroxyl groups excluding tert-OH is 1. The van der Waals surface area contributed by atoms with Gasteiger partial charge in [0, 0.05) is 44.2 Å². The molecule has 31 heavy (non-hydrogen) atoms. The lowest BCUT2D eigenvalue weighted by Crippen LogP contribution is -2.35. The van der Waals surface area contributed by atoms with Crippen LogP contribution < -0.4 is 10.1 Å². The van der Waals surface area contributed by atoms with Gasteiger partial charge in [0.2, 0.25) is 0 Å². The van der Waals surface area contributed by atoms with Crippen LogP contribution in [0.5, 0.6) is 5.75 Å². The van der Waals surface area contributed by atoms with Gasteiger partial charge < -0.3 is 30.0 Å². The number of aliphatic hydroxyl groups is 1. The van der Waals surface area contributed by atoms with Crippen LogP contribution in [0.4, 0.5) is 0 Å². The first kappa shape index (κ1) is 24.3. The molecule has 10 nitrogen and oxygen atoms in total. The molecule has 1 aromatic carbocycles. The van der Waals surface area contributed by atoms with Crippen LogP contribution in [-0.2, 0) is 27.4 Å². The second kappa shape index (κ2) is 14.1. The van der Waals surface area contributed by atoms with Gasteiger partial charge in [-0.2, -0.15) is 0 Å². The summed E-state index contributed by atoms with van der Waals surface area (Å²) < 4.78 is 11.3. The number of imidazole rings is 1. The predicted octanol–water partition coefficient (Wildman–Crippen LogP) is 0.779. The van der Waals surface area contributed by atoms with Crippen LogP contribution >= 0.6 is 0 Å². The molecule has 0 saturated carbocycles. The number of ether oxygens (including phenoxy) is 2. The van der Waals surface area contributed by atoms with Gasteiger partial charge in [0.25, 0.3) is 12.4 Å². The molecule has 0 spiro atoms. The normalized spacial score (nSPS) is 15.2. The molecule has 2 aromatic rings. The Balaban J connectivity index is 0.00000107. The molecule has 2 heterocycles. The Morgan fingerprint density at radius 3 is 2.87 bits per heavy atom. The van der Waals surface area contributed by atoms with E-state index in [4.69, 9.17) is 19.4 Å². The molecule has 0 radical (unpaired) electrons. The smallest absolute Gasteiger partial charge is 0.290 e. The highest BCUT2D eigenvalue weighted by atomic mass is 16.5. The molecule has 0 bridgehead atoms. The number of carboxylic acid groups (broad SMARTS) is 1. The largest absolute Gasteiger partial charge is 0.483 e. The van der Waals surface area contributed by atoms with E-state index >= 15 is 0 Å². The van der Waals surface area contributed by atoms with Crippen molar-refractivity contribution in [3.63, 3.8) is 0 Å². The van der Waals surface area contributed by atoms with Crippen LogP contribution in [0, 0.1) is 0 Å². The molecule has 1 aliphatic heterocycles. The Morgan fingerprint density at radius 2 is 2.19 bits per heavy atom. The third-order valence-electron chi connectivity index (χ3n) is 4.62. The standard InChI is InChI=1S/C20H28N4O4.CH2O2/c25-10-9-24(14-19-21-7-8-22-19)13-16-4-1-2-6-18(16)28-15-20(26)23-12-17-5-3-11-27-17;2-1-3/h1-2,4,6-8,17,25H,3,5,9-15H2,(H,21,22)(H,23,26);1H,(H,2,3). The van der Waals surface area contributed by atoms with Gasteiger partial charge in [-0.15, -0.1) is 0 Å². The van der Waals surface area contributed by atoms with Crippen molar-refractivity contribution in [2.45, 2.75) is 32.0 Å². The van der Waals surface area contributed by atoms with E-state index < -0.39 is 0 Å². The summed E-state index contributed by atoms with van der Waals surface area (Å²) in [5.74, 6) is 1.34. The number of benzene rings is 1. The number of hydrogen-bond donors (Lipinski definition) is 4. The maximum Gasteiger partial charge on any atom is 0.290 e. The predicted molar refractivity (Wildman–Crippen MR) is 112 cm³/mol. The average Bonchev–Trinajstić information content (AvgIpc) is 3.47. The number of carbonyl (C=O) groups excluding carboxylic acids is 1. The third-order valence-corrected chi connectivity index (χ3v) is 4.62. The fraction of sp³-hybridized carbons (Fsp3) is 0.476. The van der Waals surface area contributed by atoms with E-state index in [0.29, 0.717) is 31.9 Å². The summed E-state index contributed by atoms with van der Waals surface area (Å²) in [5, 5.41) is 19.1. The Labute approximate surface area is 181 Å². The zero-order chi connectivity index (χ0) is 22.3. The molecular weight excluding hydrogens is 404 g/mol. The lowest BCUT2D eigenvalue weighted by molar-refractivity contribution is -0.124. The first-order chi connectivity index (χ1) is 15.2. The molecule has 3 rings (SSSR count). The van der Waals surface area contributed by atoms with Gasteiger partial charge in [0.1, 0.15) is 11.6 Å². The molecule has 1 aromatic heterocycles. The Hall–Kier alpha value is -2.95. The van der Waals surface area contributed by atoms with Gasteiger partial charge in [-0.25, -0.2) is 4.98 Å². The molecule has 0 aliphatic carbocycles. The first-order valence-electron chi connectivity index (χ1n) is 10.1. The minimum Gasteiger partial charge on any atom is -0.483 e. The van der Waals surface area contributed by atoms with Crippen LogP contribution in [0.3, 0.4) is 0 Å². The van der Waals surface area contributed by atoms with E-state index in [9.17, 15) is 9.90 Å². The Kier molecular flexibility index (Phi) is 11.1. The SMILES string of the molecule is O=C(COc1ccccc1CN(CCO)Cc1ncc[nH]1)NCC1CCCO1.O=CO. The number of amides is 1. The summed E-state index contributed by atoms with van der Waals surface area (Å²) in [5.41, 5.74) is 0.953. The van der Waals surface area contributed by atoms with Gasteiger partial charge in [-0.05, 0) is 18.9 Å². The van der Waals surface area contributed by atoms with E-state index in [-0.39, 0.29) is 31.7 Å². The van der Waals surface area contributed by atoms with Gasteiger partial charge in [-0.3, -0.25) is 14.5 Å². The van der Waals surface area contributed by atoms with Crippen molar-refractivity contribution in [3.05, 3.63) is 48.0 Å². The van der Waals surface area contributed by atoms with Crippen molar-refractivity contribution in [2.75, 3.05) is 32.9 Å². The summed E-state index contributed by atoms with van der Waals surface area (Å²) >= 11 is 0. The van der Waals surface area contributed by atoms with Crippen LogP contribution in [0.1, 0.15) is 24.2 Å². The lowest BCUT2D eigenvalue weighted by Gasteiger charge is -2.22. The molecule has 1 atom stereocenters. The fourth-order valence-corrected chi connectivity index (χ4v) is 3.20. The number of rotatable bonds is 11. The highest BCUT2D eigenvalue weighted by Crippen LogP contribution is 2.20. The molecule has 4 N–H and O–H groups in total. The average molecular weight is 434 g/mol. The fourth-order valence-electron chi connectivity index (χ4n) is 3.20. The summed E-state index contributed by atoms with van der Waals surface area (Å²) in [6, 6.07) is 7.63. The highest BCUT2D eigenvalue weighted by molar-refractivity contribution is 5.77. The van der Waals surface area contributed by atoms with Crippen LogP contribution in [0.25, 0.3) is 0 Å². The van der Waals surface area contributed by atoms with Crippen molar-refractivity contribution >= 4 is 12.4 Å². The molecule has 1 saturated heterocycles. The van der Waals surface area contributed by atoms with Gasteiger partial charge in [0.05, 0.1) is 19.3 Å². The number of aromatic amines is 1. The lowest BCUT2D eigenvalue weighted by atomic mass is 10.2. The maximum atomic E-state index is 12.1. The van der Waals surface area contributed by atoms with Gasteiger partial charge in [-0.1, -0.05) is 18.2 Å². The first-order valence-corrected chi connectivity index (χ1v) is 10.1. The molecular formula is C21H30N4O6. The van der Waals surface area contributed by atoms with Crippen LogP contribution in [0.15, 0.2) is 36.7 Å². The van der Waals surface area contributed by atoms with Crippen molar-refractivity contribution in [1.82, 2.24) is 20.2 Å². The van der Waals surface area contributed by atoms with Crippen molar-refractivity contribution in [3.8, 4) is 5.75 Å². The van der Waals surface area contributed by atoms with E-state index in [1.165, 1.54) is 0 Å². The third kappa shape index (κ3) is 9.16. The van der Waals surface area contributed by atoms with E-state index in [1.54, 1.807) is 12.4 Å². The minimum atomic E-state index is -0.250. The maximum absolute atomic E-state index is 12.1.